The quantitative estimate of drug-likeness (QED) is 0.822. The molecule has 2 nitrogen and oxygen atoms in total. The van der Waals surface area contributed by atoms with Gasteiger partial charge in [0.1, 0.15) is 11.5 Å². The molecule has 0 heterocycles. The number of hydrogen-bond donors (Lipinski definition) is 1. The first-order valence-electron chi connectivity index (χ1n) is 5.99. The van der Waals surface area contributed by atoms with Crippen LogP contribution in [0.15, 0.2) is 48.5 Å². The van der Waals surface area contributed by atoms with Crippen molar-refractivity contribution in [3.05, 3.63) is 57.7 Å². The van der Waals surface area contributed by atoms with Crippen LogP contribution in [-0.4, -0.2) is 0 Å². The summed E-state index contributed by atoms with van der Waals surface area (Å²) in [4.78, 5) is 0. The molecule has 0 amide bonds. The van der Waals surface area contributed by atoms with E-state index in [0.29, 0.717) is 0 Å². The van der Waals surface area contributed by atoms with E-state index in [9.17, 15) is 0 Å². The fraction of sp³-hybridized carbons (Fsp3) is 0.200. The van der Waals surface area contributed by atoms with E-state index < -0.39 is 0 Å². The van der Waals surface area contributed by atoms with E-state index in [1.54, 1.807) is 0 Å². The zero-order chi connectivity index (χ0) is 13.0. The van der Waals surface area contributed by atoms with Crippen molar-refractivity contribution in [1.29, 1.82) is 0 Å². The lowest BCUT2D eigenvalue weighted by molar-refractivity contribution is 0.465. The number of benzene rings is 2. The number of para-hydroxylation sites is 2. The third-order valence-corrected chi connectivity index (χ3v) is 3.71. The lowest BCUT2D eigenvalue weighted by Crippen LogP contribution is -2.09. The smallest absolute Gasteiger partial charge is 0.140 e. The van der Waals surface area contributed by atoms with Crippen molar-refractivity contribution in [3.63, 3.8) is 0 Å². The topological polar surface area (TPSA) is 35.2 Å². The predicted octanol–water partition coefficient (Wildman–Crippen LogP) is 4.49. The van der Waals surface area contributed by atoms with E-state index in [4.69, 9.17) is 10.5 Å². The number of halogens is 1. The van der Waals surface area contributed by atoms with Crippen LogP contribution in [-0.2, 0) is 0 Å². The van der Waals surface area contributed by atoms with Crippen LogP contribution in [0.2, 0.25) is 0 Å². The van der Waals surface area contributed by atoms with Crippen LogP contribution in [0.25, 0.3) is 0 Å². The summed E-state index contributed by atoms with van der Waals surface area (Å²) in [6, 6.07) is 15.9. The Bertz CT molecular complexity index is 527. The van der Waals surface area contributed by atoms with E-state index in [-0.39, 0.29) is 6.04 Å². The van der Waals surface area contributed by atoms with Gasteiger partial charge >= 0.3 is 0 Å². The monoisotopic (exact) mass is 353 g/mol. The third-order valence-electron chi connectivity index (χ3n) is 2.81. The van der Waals surface area contributed by atoms with E-state index in [1.165, 1.54) is 0 Å². The minimum Gasteiger partial charge on any atom is -0.456 e. The van der Waals surface area contributed by atoms with Gasteiger partial charge in [0.05, 0.1) is 3.57 Å². The van der Waals surface area contributed by atoms with Crippen molar-refractivity contribution in [2.24, 2.45) is 5.73 Å². The van der Waals surface area contributed by atoms with E-state index in [0.717, 1.165) is 27.1 Å². The largest absolute Gasteiger partial charge is 0.456 e. The molecule has 2 N–H and O–H groups in total. The second-order valence-electron chi connectivity index (χ2n) is 4.09. The van der Waals surface area contributed by atoms with E-state index in [2.05, 4.69) is 29.5 Å². The van der Waals surface area contributed by atoms with Crippen molar-refractivity contribution in [1.82, 2.24) is 0 Å². The molecule has 0 unspecified atom stereocenters. The molecule has 0 bridgehead atoms. The number of hydrogen-bond acceptors (Lipinski definition) is 2. The Hall–Kier alpha value is -1.07. The standard InChI is InChI=1S/C15H16INO/c1-2-13(17)11-7-3-5-9-14(11)18-15-10-6-4-8-12(15)16/h3-10,13H,2,17H2,1H3/t13-/m1/s1. The average Bonchev–Trinajstić information content (AvgIpc) is 2.41. The Morgan fingerprint density at radius 2 is 1.67 bits per heavy atom. The molecule has 1 atom stereocenters. The van der Waals surface area contributed by atoms with Crippen molar-refractivity contribution >= 4 is 22.6 Å². The number of nitrogens with two attached hydrogens (primary N) is 1. The van der Waals surface area contributed by atoms with Gasteiger partial charge in [-0.25, -0.2) is 0 Å². The van der Waals surface area contributed by atoms with Gasteiger partial charge < -0.3 is 10.5 Å². The average molecular weight is 353 g/mol. The highest BCUT2D eigenvalue weighted by Crippen LogP contribution is 2.31. The molecule has 18 heavy (non-hydrogen) atoms. The summed E-state index contributed by atoms with van der Waals surface area (Å²) in [6.07, 6.45) is 0.895. The van der Waals surface area contributed by atoms with Crippen LogP contribution in [0.1, 0.15) is 24.9 Å². The van der Waals surface area contributed by atoms with Gasteiger partial charge in [0.15, 0.2) is 0 Å². The first-order valence-corrected chi connectivity index (χ1v) is 7.07. The molecule has 0 aliphatic heterocycles. The maximum Gasteiger partial charge on any atom is 0.140 e. The fourth-order valence-electron chi connectivity index (χ4n) is 1.75. The minimum atomic E-state index is 0.0163. The molecular weight excluding hydrogens is 337 g/mol. The van der Waals surface area contributed by atoms with Crippen molar-refractivity contribution in [2.75, 3.05) is 0 Å². The highest BCUT2D eigenvalue weighted by Gasteiger charge is 2.11. The van der Waals surface area contributed by atoms with Crippen molar-refractivity contribution in [3.8, 4) is 11.5 Å². The fourth-order valence-corrected chi connectivity index (χ4v) is 2.24. The maximum absolute atomic E-state index is 6.10. The van der Waals surface area contributed by atoms with Gasteiger partial charge in [-0.2, -0.15) is 0 Å². The van der Waals surface area contributed by atoms with Crippen LogP contribution in [0.5, 0.6) is 11.5 Å². The summed E-state index contributed by atoms with van der Waals surface area (Å²) < 4.78 is 7.07. The zero-order valence-electron chi connectivity index (χ0n) is 10.3. The first kappa shape index (κ1) is 13.4. The Kier molecular flexibility index (Phi) is 4.60. The molecule has 2 aromatic rings. The normalized spacial score (nSPS) is 12.2. The molecule has 2 rings (SSSR count). The Morgan fingerprint density at radius 3 is 2.33 bits per heavy atom. The van der Waals surface area contributed by atoms with Crippen LogP contribution in [0.4, 0.5) is 0 Å². The molecule has 0 saturated heterocycles. The molecule has 0 saturated carbocycles. The third kappa shape index (κ3) is 3.03. The highest BCUT2D eigenvalue weighted by atomic mass is 127. The second kappa shape index (κ2) is 6.20. The second-order valence-corrected chi connectivity index (χ2v) is 5.25. The SMILES string of the molecule is CC[C@@H](N)c1ccccc1Oc1ccccc1I. The van der Waals surface area contributed by atoms with Gasteiger partial charge in [0.2, 0.25) is 0 Å². The number of ether oxygens (including phenoxy) is 1. The van der Waals surface area contributed by atoms with Gasteiger partial charge in [0.25, 0.3) is 0 Å². The van der Waals surface area contributed by atoms with E-state index >= 15 is 0 Å². The molecule has 0 aliphatic rings. The van der Waals surface area contributed by atoms with Crippen molar-refractivity contribution < 1.29 is 4.74 Å². The summed E-state index contributed by atoms with van der Waals surface area (Å²) in [6.45, 7) is 2.08. The molecule has 3 heteroatoms. The van der Waals surface area contributed by atoms with Crippen LogP contribution < -0.4 is 10.5 Å². The van der Waals surface area contributed by atoms with Crippen LogP contribution >= 0.6 is 22.6 Å². The van der Waals surface area contributed by atoms with Gasteiger partial charge in [-0.3, -0.25) is 0 Å². The molecular formula is C15H16INO. The Labute approximate surface area is 121 Å². The highest BCUT2D eigenvalue weighted by molar-refractivity contribution is 14.1. The van der Waals surface area contributed by atoms with Gasteiger partial charge in [0, 0.05) is 11.6 Å². The lowest BCUT2D eigenvalue weighted by Gasteiger charge is -2.16. The summed E-state index contributed by atoms with van der Waals surface area (Å²) in [5.74, 6) is 1.71. The van der Waals surface area contributed by atoms with Crippen LogP contribution in [0, 0.1) is 3.57 Å². The number of rotatable bonds is 4. The minimum absolute atomic E-state index is 0.0163. The maximum atomic E-state index is 6.10. The molecule has 94 valence electrons. The zero-order valence-corrected chi connectivity index (χ0v) is 12.4. The van der Waals surface area contributed by atoms with Gasteiger partial charge in [-0.05, 0) is 47.2 Å². The molecule has 0 aliphatic carbocycles. The molecule has 0 aromatic heterocycles. The van der Waals surface area contributed by atoms with E-state index in [1.807, 2.05) is 48.5 Å². The van der Waals surface area contributed by atoms with Crippen molar-refractivity contribution in [2.45, 2.75) is 19.4 Å². The Balaban J connectivity index is 2.32. The molecule has 0 fully saturated rings. The molecule has 2 aromatic carbocycles. The summed E-state index contributed by atoms with van der Waals surface area (Å²) in [5.41, 5.74) is 7.16. The molecule has 0 spiro atoms. The van der Waals surface area contributed by atoms with Gasteiger partial charge in [-0.15, -0.1) is 0 Å². The van der Waals surface area contributed by atoms with Crippen LogP contribution in [0.3, 0.4) is 0 Å². The van der Waals surface area contributed by atoms with Gasteiger partial charge in [-0.1, -0.05) is 37.3 Å². The molecule has 0 radical (unpaired) electrons. The first-order chi connectivity index (χ1) is 8.72. The summed E-state index contributed by atoms with van der Waals surface area (Å²) in [5, 5.41) is 0. The summed E-state index contributed by atoms with van der Waals surface area (Å²) in [7, 11) is 0. The Morgan fingerprint density at radius 1 is 1.06 bits per heavy atom. The lowest BCUT2D eigenvalue weighted by atomic mass is 10.0. The summed E-state index contributed by atoms with van der Waals surface area (Å²) >= 11 is 2.27. The predicted molar refractivity (Wildman–Crippen MR) is 82.9 cm³/mol.